The summed E-state index contributed by atoms with van der Waals surface area (Å²) < 4.78 is 0.831. The van der Waals surface area contributed by atoms with Crippen LogP contribution in [0.3, 0.4) is 0 Å². The van der Waals surface area contributed by atoms with Crippen molar-refractivity contribution >= 4 is 45.7 Å². The van der Waals surface area contributed by atoms with Gasteiger partial charge in [0.05, 0.1) is 5.92 Å². The van der Waals surface area contributed by atoms with Gasteiger partial charge < -0.3 is 10.2 Å². The number of anilines is 2. The first-order chi connectivity index (χ1) is 12.0. The molecule has 1 aromatic heterocycles. The number of aryl methyl sites for hydroxylation is 2. The Bertz CT molecular complexity index is 806. The lowest BCUT2D eigenvalue weighted by atomic mass is 10.1. The van der Waals surface area contributed by atoms with Crippen molar-refractivity contribution in [1.82, 2.24) is 10.2 Å². The second kappa shape index (κ2) is 7.53. The van der Waals surface area contributed by atoms with Gasteiger partial charge in [-0.1, -0.05) is 36.1 Å². The van der Waals surface area contributed by atoms with Gasteiger partial charge in [-0.2, -0.15) is 0 Å². The van der Waals surface area contributed by atoms with Crippen LogP contribution in [0.5, 0.6) is 0 Å². The van der Waals surface area contributed by atoms with E-state index < -0.39 is 0 Å². The van der Waals surface area contributed by atoms with E-state index in [4.69, 9.17) is 0 Å². The fourth-order valence-corrected chi connectivity index (χ4v) is 4.33. The van der Waals surface area contributed by atoms with Crippen LogP contribution in [0.2, 0.25) is 0 Å². The topological polar surface area (TPSA) is 75.2 Å². The molecule has 6 nitrogen and oxygen atoms in total. The maximum Gasteiger partial charge on any atom is 0.231 e. The van der Waals surface area contributed by atoms with Crippen LogP contribution in [0.25, 0.3) is 0 Å². The van der Waals surface area contributed by atoms with Gasteiger partial charge in [0.2, 0.25) is 16.9 Å². The Morgan fingerprint density at radius 2 is 2.16 bits per heavy atom. The van der Waals surface area contributed by atoms with Crippen molar-refractivity contribution in [3.63, 3.8) is 0 Å². The highest BCUT2D eigenvalue weighted by Gasteiger charge is 2.35. The number of carbonyl (C=O) groups excluding carboxylic acids is 2. The molecule has 2 aromatic rings. The highest BCUT2D eigenvalue weighted by Crippen LogP contribution is 2.29. The van der Waals surface area contributed by atoms with E-state index in [9.17, 15) is 9.59 Å². The molecule has 1 N–H and O–H groups in total. The van der Waals surface area contributed by atoms with Crippen LogP contribution in [0, 0.1) is 19.8 Å². The molecule has 0 bridgehead atoms. The molecule has 0 radical (unpaired) electrons. The van der Waals surface area contributed by atoms with Crippen molar-refractivity contribution in [1.29, 1.82) is 0 Å². The number of hydrogen-bond donors (Lipinski definition) is 1. The van der Waals surface area contributed by atoms with Gasteiger partial charge in [-0.3, -0.25) is 9.59 Å². The lowest BCUT2D eigenvalue weighted by Gasteiger charge is -2.17. The minimum atomic E-state index is -0.375. The summed E-state index contributed by atoms with van der Waals surface area (Å²) in [6, 6.07) is 5.92. The number of nitrogens with zero attached hydrogens (tertiary/aromatic N) is 3. The van der Waals surface area contributed by atoms with E-state index in [0.29, 0.717) is 11.7 Å². The van der Waals surface area contributed by atoms with E-state index >= 15 is 0 Å². The Balaban J connectivity index is 1.66. The third-order valence-electron chi connectivity index (χ3n) is 4.20. The summed E-state index contributed by atoms with van der Waals surface area (Å²) in [6.07, 6.45) is 0.216. The Morgan fingerprint density at radius 3 is 2.88 bits per heavy atom. The van der Waals surface area contributed by atoms with Crippen molar-refractivity contribution in [2.24, 2.45) is 5.92 Å². The molecular weight excluding hydrogens is 356 g/mol. The quantitative estimate of drug-likeness (QED) is 0.640. The summed E-state index contributed by atoms with van der Waals surface area (Å²) in [6.45, 7) is 6.48. The Hall–Kier alpha value is -1.93. The Labute approximate surface area is 155 Å². The fourth-order valence-electron chi connectivity index (χ4n) is 2.68. The number of rotatable bonds is 5. The molecule has 8 heteroatoms. The summed E-state index contributed by atoms with van der Waals surface area (Å²) >= 11 is 2.94. The maximum absolute atomic E-state index is 12.5. The summed E-state index contributed by atoms with van der Waals surface area (Å²) in [5, 5.41) is 11.3. The van der Waals surface area contributed by atoms with Crippen LogP contribution in [0.15, 0.2) is 22.5 Å². The van der Waals surface area contributed by atoms with E-state index in [-0.39, 0.29) is 24.2 Å². The van der Waals surface area contributed by atoms with Crippen molar-refractivity contribution in [2.75, 3.05) is 22.5 Å². The van der Waals surface area contributed by atoms with Gasteiger partial charge in [0.25, 0.3) is 0 Å². The van der Waals surface area contributed by atoms with E-state index in [1.54, 1.807) is 16.7 Å². The average molecular weight is 377 g/mol. The predicted octanol–water partition coefficient (Wildman–Crippen LogP) is 3.26. The highest BCUT2D eigenvalue weighted by molar-refractivity contribution is 8.01. The fraction of sp³-hybridized carbons (Fsp3) is 0.412. The zero-order valence-corrected chi connectivity index (χ0v) is 16.0. The van der Waals surface area contributed by atoms with Gasteiger partial charge >= 0.3 is 0 Å². The van der Waals surface area contributed by atoms with Crippen molar-refractivity contribution in [2.45, 2.75) is 31.5 Å². The van der Waals surface area contributed by atoms with E-state index in [0.717, 1.165) is 21.3 Å². The van der Waals surface area contributed by atoms with Crippen molar-refractivity contribution in [3.8, 4) is 0 Å². The molecule has 25 heavy (non-hydrogen) atoms. The standard InChI is InChI=1S/C17H20N4O2S2/c1-4-24-17-20-19-16(25-17)18-15(23)12-8-14(22)21(9-12)13-6-5-10(2)11(3)7-13/h5-7,12H,4,8-9H2,1-3H3,(H,18,19,23)/t12-/m1/s1. The van der Waals surface area contributed by atoms with Gasteiger partial charge in [-0.15, -0.1) is 10.2 Å². The molecule has 1 aliphatic rings. The average Bonchev–Trinajstić information content (AvgIpc) is 3.17. The second-order valence-electron chi connectivity index (χ2n) is 5.97. The first-order valence-electron chi connectivity index (χ1n) is 8.12. The first-order valence-corrected chi connectivity index (χ1v) is 9.93. The highest BCUT2D eigenvalue weighted by atomic mass is 32.2. The Morgan fingerprint density at radius 1 is 1.36 bits per heavy atom. The zero-order valence-electron chi connectivity index (χ0n) is 14.4. The van der Waals surface area contributed by atoms with Crippen LogP contribution in [0.1, 0.15) is 24.5 Å². The van der Waals surface area contributed by atoms with E-state index in [2.05, 4.69) is 15.5 Å². The molecule has 0 unspecified atom stereocenters. The van der Waals surface area contributed by atoms with Crippen LogP contribution in [0.4, 0.5) is 10.8 Å². The lowest BCUT2D eigenvalue weighted by Crippen LogP contribution is -2.28. The summed E-state index contributed by atoms with van der Waals surface area (Å²) in [4.78, 5) is 26.5. The number of hydrogen-bond acceptors (Lipinski definition) is 6. The molecule has 0 spiro atoms. The molecule has 1 atom stereocenters. The first kappa shape index (κ1) is 17.9. The minimum Gasteiger partial charge on any atom is -0.312 e. The third kappa shape index (κ3) is 4.01. The van der Waals surface area contributed by atoms with Gasteiger partial charge in [-0.25, -0.2) is 0 Å². The van der Waals surface area contributed by atoms with Crippen LogP contribution >= 0.6 is 23.1 Å². The molecule has 3 rings (SSSR count). The predicted molar refractivity (Wildman–Crippen MR) is 101 cm³/mol. The maximum atomic E-state index is 12.5. The molecule has 1 saturated heterocycles. The number of thioether (sulfide) groups is 1. The largest absolute Gasteiger partial charge is 0.312 e. The molecule has 2 heterocycles. The summed E-state index contributed by atoms with van der Waals surface area (Å²) in [5.41, 5.74) is 3.16. The zero-order chi connectivity index (χ0) is 18.0. The smallest absolute Gasteiger partial charge is 0.231 e. The molecule has 1 fully saturated rings. The van der Waals surface area contributed by atoms with Crippen LogP contribution in [-0.2, 0) is 9.59 Å². The summed E-state index contributed by atoms with van der Waals surface area (Å²) in [7, 11) is 0. The van der Waals surface area contributed by atoms with Crippen LogP contribution in [-0.4, -0.2) is 34.3 Å². The van der Waals surface area contributed by atoms with Crippen molar-refractivity contribution < 1.29 is 9.59 Å². The summed E-state index contributed by atoms with van der Waals surface area (Å²) in [5.74, 6) is 0.331. The van der Waals surface area contributed by atoms with Gasteiger partial charge in [-0.05, 0) is 42.9 Å². The lowest BCUT2D eigenvalue weighted by molar-refractivity contribution is -0.122. The van der Waals surface area contributed by atoms with E-state index in [1.165, 1.54) is 16.9 Å². The molecule has 132 valence electrons. The molecule has 2 amide bonds. The second-order valence-corrected chi connectivity index (χ2v) is 8.46. The number of carbonyl (C=O) groups is 2. The minimum absolute atomic E-state index is 0.0251. The molecule has 0 saturated carbocycles. The van der Waals surface area contributed by atoms with Gasteiger partial charge in [0, 0.05) is 18.7 Å². The van der Waals surface area contributed by atoms with Gasteiger partial charge in [0.15, 0.2) is 4.34 Å². The number of benzene rings is 1. The number of amides is 2. The number of aromatic nitrogens is 2. The van der Waals surface area contributed by atoms with Gasteiger partial charge in [0.1, 0.15) is 0 Å². The van der Waals surface area contributed by atoms with E-state index in [1.807, 2.05) is 39.0 Å². The number of nitrogens with one attached hydrogen (secondary N) is 1. The molecule has 1 aromatic carbocycles. The van der Waals surface area contributed by atoms with Crippen molar-refractivity contribution in [3.05, 3.63) is 29.3 Å². The normalized spacial score (nSPS) is 17.2. The SMILES string of the molecule is CCSc1nnc(NC(=O)[C@@H]2CC(=O)N(c3ccc(C)c(C)c3)C2)s1. The molecule has 1 aliphatic heterocycles. The molecular formula is C17H20N4O2S2. The molecule has 0 aliphatic carbocycles. The van der Waals surface area contributed by atoms with Crippen LogP contribution < -0.4 is 10.2 Å². The third-order valence-corrected chi connectivity index (χ3v) is 6.06. The monoisotopic (exact) mass is 376 g/mol. The Kier molecular flexibility index (Phi) is 5.39.